The third kappa shape index (κ3) is 3.31. The summed E-state index contributed by atoms with van der Waals surface area (Å²) in [6, 6.07) is 21.6. The van der Waals surface area contributed by atoms with Gasteiger partial charge in [-0.15, -0.1) is 0 Å². The summed E-state index contributed by atoms with van der Waals surface area (Å²) >= 11 is 0. The van der Waals surface area contributed by atoms with Crippen LogP contribution in [-0.4, -0.2) is 18.4 Å². The third-order valence-corrected chi connectivity index (χ3v) is 4.77. The molecule has 1 fully saturated rings. The van der Waals surface area contributed by atoms with E-state index in [1.807, 2.05) is 54.6 Å². The van der Waals surface area contributed by atoms with Gasteiger partial charge in [0.05, 0.1) is 6.42 Å². The molecule has 4 rings (SSSR count). The van der Waals surface area contributed by atoms with Gasteiger partial charge in [0.2, 0.25) is 11.8 Å². The van der Waals surface area contributed by atoms with Crippen LogP contribution < -0.4 is 10.2 Å². The summed E-state index contributed by atoms with van der Waals surface area (Å²) in [5.74, 6) is 0.115. The fourth-order valence-corrected chi connectivity index (χ4v) is 3.47. The summed E-state index contributed by atoms with van der Waals surface area (Å²) in [6.45, 7) is 0.769. The predicted octanol–water partition coefficient (Wildman–Crippen LogP) is 4.15. The van der Waals surface area contributed by atoms with Crippen molar-refractivity contribution in [3.63, 3.8) is 0 Å². The van der Waals surface area contributed by atoms with E-state index in [1.54, 1.807) is 4.90 Å². The summed E-state index contributed by atoms with van der Waals surface area (Å²) < 4.78 is 0. The molecule has 0 unspecified atom stereocenters. The van der Waals surface area contributed by atoms with Crippen molar-refractivity contribution in [1.82, 2.24) is 0 Å². The maximum absolute atomic E-state index is 12.4. The molecule has 2 amide bonds. The monoisotopic (exact) mass is 344 g/mol. The van der Waals surface area contributed by atoms with Crippen LogP contribution in [0.4, 0.5) is 11.4 Å². The van der Waals surface area contributed by atoms with E-state index >= 15 is 0 Å². The van der Waals surface area contributed by atoms with Crippen molar-refractivity contribution in [2.45, 2.75) is 19.3 Å². The number of hydrogen-bond acceptors (Lipinski definition) is 2. The number of hydrogen-bond donors (Lipinski definition) is 1. The van der Waals surface area contributed by atoms with Crippen molar-refractivity contribution in [3.05, 3.63) is 72.3 Å². The number of amides is 2. The van der Waals surface area contributed by atoms with Gasteiger partial charge in [0.15, 0.2) is 0 Å². The lowest BCUT2D eigenvalue weighted by Crippen LogP contribution is -2.23. The Balaban J connectivity index is 1.45. The van der Waals surface area contributed by atoms with Crippen molar-refractivity contribution < 1.29 is 9.59 Å². The van der Waals surface area contributed by atoms with Gasteiger partial charge >= 0.3 is 0 Å². The minimum absolute atomic E-state index is 0.0497. The normalized spacial score (nSPS) is 14.0. The SMILES string of the molecule is O=C(Cc1cccc2ccccc12)Nc1ccc(N2CCCC2=O)cc1. The van der Waals surface area contributed by atoms with Crippen LogP contribution in [0.1, 0.15) is 18.4 Å². The van der Waals surface area contributed by atoms with Gasteiger partial charge in [-0.1, -0.05) is 42.5 Å². The fourth-order valence-electron chi connectivity index (χ4n) is 3.47. The standard InChI is InChI=1S/C22H20N2O2/c25-21(15-17-7-3-6-16-5-1-2-8-20(16)17)23-18-10-12-19(13-11-18)24-14-4-9-22(24)26/h1-3,5-8,10-13H,4,9,14-15H2,(H,23,25). The Morgan fingerprint density at radius 1 is 0.962 bits per heavy atom. The van der Waals surface area contributed by atoms with Crippen molar-refractivity contribution in [2.75, 3.05) is 16.8 Å². The van der Waals surface area contributed by atoms with Gasteiger partial charge < -0.3 is 10.2 Å². The van der Waals surface area contributed by atoms with Gasteiger partial charge in [-0.05, 0) is 47.0 Å². The Bertz CT molecular complexity index is 958. The van der Waals surface area contributed by atoms with Crippen LogP contribution in [0.3, 0.4) is 0 Å². The maximum Gasteiger partial charge on any atom is 0.228 e. The summed E-state index contributed by atoms with van der Waals surface area (Å²) in [4.78, 5) is 26.0. The minimum Gasteiger partial charge on any atom is -0.326 e. The summed E-state index contributed by atoms with van der Waals surface area (Å²) in [6.07, 6.45) is 1.85. The second kappa shape index (κ2) is 7.00. The fraction of sp³-hybridized carbons (Fsp3) is 0.182. The summed E-state index contributed by atoms with van der Waals surface area (Å²) in [7, 11) is 0. The number of anilines is 2. The van der Waals surface area contributed by atoms with Crippen LogP contribution in [0.15, 0.2) is 66.7 Å². The topological polar surface area (TPSA) is 49.4 Å². The van der Waals surface area contributed by atoms with Gasteiger partial charge in [0, 0.05) is 24.3 Å². The van der Waals surface area contributed by atoms with Gasteiger partial charge in [-0.2, -0.15) is 0 Å². The molecule has 0 radical (unpaired) electrons. The second-order valence-corrected chi connectivity index (χ2v) is 6.56. The van der Waals surface area contributed by atoms with E-state index in [2.05, 4.69) is 17.4 Å². The molecule has 4 heteroatoms. The zero-order valence-corrected chi connectivity index (χ0v) is 14.4. The lowest BCUT2D eigenvalue weighted by Gasteiger charge is -2.16. The molecule has 0 bridgehead atoms. The number of carbonyl (C=O) groups is 2. The highest BCUT2D eigenvalue weighted by atomic mass is 16.2. The first kappa shape index (κ1) is 16.3. The molecule has 130 valence electrons. The summed E-state index contributed by atoms with van der Waals surface area (Å²) in [5, 5.41) is 5.18. The molecule has 0 aliphatic carbocycles. The maximum atomic E-state index is 12.4. The minimum atomic E-state index is -0.0497. The first-order valence-corrected chi connectivity index (χ1v) is 8.88. The van der Waals surface area contributed by atoms with Gasteiger partial charge in [-0.3, -0.25) is 9.59 Å². The average molecular weight is 344 g/mol. The van der Waals surface area contributed by atoms with E-state index < -0.39 is 0 Å². The zero-order chi connectivity index (χ0) is 17.9. The first-order chi connectivity index (χ1) is 12.7. The van der Waals surface area contributed by atoms with E-state index in [0.717, 1.165) is 40.7 Å². The van der Waals surface area contributed by atoms with E-state index in [1.165, 1.54) is 0 Å². The third-order valence-electron chi connectivity index (χ3n) is 4.77. The van der Waals surface area contributed by atoms with Crippen LogP contribution in [0.5, 0.6) is 0 Å². The van der Waals surface area contributed by atoms with Gasteiger partial charge in [-0.25, -0.2) is 0 Å². The molecule has 1 aliphatic rings. The number of nitrogens with zero attached hydrogens (tertiary/aromatic N) is 1. The Labute approximate surface area is 152 Å². The van der Waals surface area contributed by atoms with Crippen LogP contribution in [0.2, 0.25) is 0 Å². The Morgan fingerprint density at radius 3 is 2.50 bits per heavy atom. The lowest BCUT2D eigenvalue weighted by atomic mass is 10.0. The van der Waals surface area contributed by atoms with Crippen LogP contribution in [-0.2, 0) is 16.0 Å². The van der Waals surface area contributed by atoms with Crippen molar-refractivity contribution in [1.29, 1.82) is 0 Å². The number of carbonyl (C=O) groups excluding carboxylic acids is 2. The number of rotatable bonds is 4. The molecule has 1 saturated heterocycles. The Morgan fingerprint density at radius 2 is 1.73 bits per heavy atom. The van der Waals surface area contributed by atoms with E-state index in [4.69, 9.17) is 0 Å². The molecule has 0 aromatic heterocycles. The van der Waals surface area contributed by atoms with Crippen molar-refractivity contribution in [2.24, 2.45) is 0 Å². The van der Waals surface area contributed by atoms with E-state index in [0.29, 0.717) is 12.8 Å². The van der Waals surface area contributed by atoms with Crippen LogP contribution in [0, 0.1) is 0 Å². The molecule has 4 nitrogen and oxygen atoms in total. The summed E-state index contributed by atoms with van der Waals surface area (Å²) in [5.41, 5.74) is 2.64. The average Bonchev–Trinajstić information content (AvgIpc) is 3.09. The van der Waals surface area contributed by atoms with Crippen molar-refractivity contribution in [3.8, 4) is 0 Å². The number of fused-ring (bicyclic) bond motifs is 1. The first-order valence-electron chi connectivity index (χ1n) is 8.88. The smallest absolute Gasteiger partial charge is 0.228 e. The molecule has 26 heavy (non-hydrogen) atoms. The zero-order valence-electron chi connectivity index (χ0n) is 14.4. The van der Waals surface area contributed by atoms with E-state index in [-0.39, 0.29) is 11.8 Å². The molecule has 1 N–H and O–H groups in total. The van der Waals surface area contributed by atoms with Gasteiger partial charge in [0.1, 0.15) is 0 Å². The molecular formula is C22H20N2O2. The van der Waals surface area contributed by atoms with Gasteiger partial charge in [0.25, 0.3) is 0 Å². The highest BCUT2D eigenvalue weighted by Gasteiger charge is 2.21. The lowest BCUT2D eigenvalue weighted by molar-refractivity contribution is -0.117. The molecule has 3 aromatic carbocycles. The molecule has 1 aliphatic heterocycles. The molecular weight excluding hydrogens is 324 g/mol. The predicted molar refractivity (Wildman–Crippen MR) is 104 cm³/mol. The quantitative estimate of drug-likeness (QED) is 0.773. The highest BCUT2D eigenvalue weighted by Crippen LogP contribution is 2.23. The van der Waals surface area contributed by atoms with Crippen molar-refractivity contribution >= 4 is 34.0 Å². The van der Waals surface area contributed by atoms with E-state index in [9.17, 15) is 9.59 Å². The number of nitrogens with one attached hydrogen (secondary N) is 1. The molecule has 0 atom stereocenters. The largest absolute Gasteiger partial charge is 0.326 e. The second-order valence-electron chi connectivity index (χ2n) is 6.56. The molecule has 3 aromatic rings. The van der Waals surface area contributed by atoms with Crippen LogP contribution >= 0.6 is 0 Å². The molecule has 0 saturated carbocycles. The Kier molecular flexibility index (Phi) is 4.40. The highest BCUT2D eigenvalue weighted by molar-refractivity contribution is 5.97. The molecule has 0 spiro atoms. The van der Waals surface area contributed by atoms with Crippen LogP contribution in [0.25, 0.3) is 10.8 Å². The Hall–Kier alpha value is -3.14. The molecule has 1 heterocycles. The number of benzene rings is 3.